The zero-order valence-corrected chi connectivity index (χ0v) is 21.4. The predicted octanol–water partition coefficient (Wildman–Crippen LogP) is 1.25. The van der Waals surface area contributed by atoms with Crippen LogP contribution in [0.15, 0.2) is 18.2 Å². The molecule has 2 atom stereocenters. The van der Waals surface area contributed by atoms with E-state index in [1.807, 2.05) is 19.1 Å². The van der Waals surface area contributed by atoms with Gasteiger partial charge in [0.1, 0.15) is 24.2 Å². The first-order chi connectivity index (χ1) is 16.2. The fourth-order valence-corrected chi connectivity index (χ4v) is 3.28. The fraction of sp³-hybridized carbons (Fsp3) is 0.542. The number of benzene rings is 1. The van der Waals surface area contributed by atoms with E-state index < -0.39 is 47.5 Å². The maximum atomic E-state index is 13.5. The average Bonchev–Trinajstić information content (AvgIpc) is 2.75. The number of aryl methyl sites for hydroxylation is 2. The number of ether oxygens (including phenoxy) is 2. The normalized spacial score (nSPS) is 12.7. The molecule has 0 spiro atoms. The van der Waals surface area contributed by atoms with Crippen molar-refractivity contribution in [3.63, 3.8) is 0 Å². The number of esters is 1. The fourth-order valence-electron chi connectivity index (χ4n) is 3.28. The molecule has 0 radical (unpaired) electrons. The summed E-state index contributed by atoms with van der Waals surface area (Å²) in [7, 11) is 2.60. The van der Waals surface area contributed by atoms with Crippen LogP contribution in [-0.4, -0.2) is 67.0 Å². The summed E-state index contributed by atoms with van der Waals surface area (Å²) in [4.78, 5) is 63.2. The monoisotopic (exact) mass is 492 g/mol. The highest BCUT2D eigenvalue weighted by atomic mass is 16.6. The van der Waals surface area contributed by atoms with E-state index >= 15 is 0 Å². The van der Waals surface area contributed by atoms with Gasteiger partial charge in [0.05, 0.1) is 7.11 Å². The molecule has 1 aromatic carbocycles. The summed E-state index contributed by atoms with van der Waals surface area (Å²) >= 11 is 0. The van der Waals surface area contributed by atoms with Crippen LogP contribution in [0.1, 0.15) is 56.3 Å². The number of alkyl carbamates (subject to hydrolysis) is 1. The lowest BCUT2D eigenvalue weighted by molar-refractivity contribution is -0.143. The van der Waals surface area contributed by atoms with Gasteiger partial charge >= 0.3 is 12.1 Å². The van der Waals surface area contributed by atoms with Gasteiger partial charge in [0.2, 0.25) is 17.7 Å². The Morgan fingerprint density at radius 2 is 1.74 bits per heavy atom. The summed E-state index contributed by atoms with van der Waals surface area (Å²) in [6, 6.07) is 3.12. The summed E-state index contributed by atoms with van der Waals surface area (Å²) in [6.45, 7) is 8.24. The maximum absolute atomic E-state index is 13.5. The highest BCUT2D eigenvalue weighted by Gasteiger charge is 2.35. The third-order valence-corrected chi connectivity index (χ3v) is 5.02. The number of nitrogens with zero attached hydrogens (tertiary/aromatic N) is 1. The number of methoxy groups -OCH3 is 1. The van der Waals surface area contributed by atoms with Crippen LogP contribution < -0.4 is 16.4 Å². The Morgan fingerprint density at radius 1 is 1.11 bits per heavy atom. The minimum absolute atomic E-state index is 0.0962. The van der Waals surface area contributed by atoms with Crippen LogP contribution in [0.3, 0.4) is 0 Å². The molecule has 1 aromatic rings. The lowest BCUT2D eigenvalue weighted by Crippen LogP contribution is -2.52. The van der Waals surface area contributed by atoms with Gasteiger partial charge in [-0.2, -0.15) is 0 Å². The number of amides is 4. The van der Waals surface area contributed by atoms with Crippen molar-refractivity contribution < 1.29 is 33.4 Å². The van der Waals surface area contributed by atoms with Gasteiger partial charge in [-0.25, -0.2) is 4.79 Å². The summed E-state index contributed by atoms with van der Waals surface area (Å²) in [5, 5.41) is 4.96. The standard InChI is InChI=1S/C24H36N4O7/c1-14-8-9-15(2)16(12-14)20(21(31)26-13-19(30)34-7)28(6)22(32)17(10-11-18(25)29)27-23(33)35-24(3,4)5/h8-9,12,17,20H,10-11,13H2,1-7H3,(H2,25,29)(H,26,31)(H,27,33). The first-order valence-corrected chi connectivity index (χ1v) is 11.1. The van der Waals surface area contributed by atoms with E-state index in [0.29, 0.717) is 5.56 Å². The largest absolute Gasteiger partial charge is 0.468 e. The van der Waals surface area contributed by atoms with Gasteiger partial charge in [0, 0.05) is 13.5 Å². The second-order valence-electron chi connectivity index (χ2n) is 9.21. The SMILES string of the molecule is COC(=O)CNC(=O)C(c1cc(C)ccc1C)N(C)C(=O)C(CCC(N)=O)NC(=O)OC(C)(C)C. The van der Waals surface area contributed by atoms with Gasteiger partial charge in [-0.3, -0.25) is 19.2 Å². The van der Waals surface area contributed by atoms with Crippen LogP contribution in [0.4, 0.5) is 4.79 Å². The highest BCUT2D eigenvalue weighted by molar-refractivity contribution is 5.93. The molecule has 35 heavy (non-hydrogen) atoms. The first kappa shape index (κ1) is 29.4. The van der Waals surface area contributed by atoms with Crippen LogP contribution in [0.2, 0.25) is 0 Å². The molecule has 0 heterocycles. The molecule has 11 nitrogen and oxygen atoms in total. The van der Waals surface area contributed by atoms with Crippen molar-refractivity contribution in [3.05, 3.63) is 34.9 Å². The van der Waals surface area contributed by atoms with Crippen molar-refractivity contribution in [1.82, 2.24) is 15.5 Å². The minimum Gasteiger partial charge on any atom is -0.468 e. The van der Waals surface area contributed by atoms with Gasteiger partial charge < -0.3 is 30.7 Å². The van der Waals surface area contributed by atoms with Crippen LogP contribution in [0.25, 0.3) is 0 Å². The van der Waals surface area contributed by atoms with E-state index in [1.165, 1.54) is 14.2 Å². The van der Waals surface area contributed by atoms with E-state index in [9.17, 15) is 24.0 Å². The second-order valence-corrected chi connectivity index (χ2v) is 9.21. The van der Waals surface area contributed by atoms with Gasteiger partial charge in [-0.1, -0.05) is 23.8 Å². The van der Waals surface area contributed by atoms with Crippen LogP contribution in [0, 0.1) is 13.8 Å². The van der Waals surface area contributed by atoms with Gasteiger partial charge in [-0.05, 0) is 52.2 Å². The summed E-state index contributed by atoms with van der Waals surface area (Å²) < 4.78 is 9.82. The molecule has 11 heteroatoms. The summed E-state index contributed by atoms with van der Waals surface area (Å²) in [6.07, 6.45) is -1.13. The van der Waals surface area contributed by atoms with E-state index in [4.69, 9.17) is 10.5 Å². The predicted molar refractivity (Wildman–Crippen MR) is 128 cm³/mol. The molecule has 0 aromatic heterocycles. The molecule has 0 aliphatic carbocycles. The third-order valence-electron chi connectivity index (χ3n) is 5.02. The van der Waals surface area contributed by atoms with E-state index in [2.05, 4.69) is 15.4 Å². The summed E-state index contributed by atoms with van der Waals surface area (Å²) in [5.74, 6) is -2.57. The van der Waals surface area contributed by atoms with Crippen LogP contribution in [-0.2, 0) is 28.7 Å². The molecule has 0 fully saturated rings. The molecule has 0 saturated heterocycles. The van der Waals surface area contributed by atoms with Crippen LogP contribution in [0.5, 0.6) is 0 Å². The number of hydrogen-bond donors (Lipinski definition) is 3. The Labute approximate surface area is 205 Å². The van der Waals surface area contributed by atoms with Crippen LogP contribution >= 0.6 is 0 Å². The summed E-state index contributed by atoms with van der Waals surface area (Å²) in [5.41, 5.74) is 6.56. The van der Waals surface area contributed by atoms with Crippen molar-refractivity contribution in [2.24, 2.45) is 5.73 Å². The van der Waals surface area contributed by atoms with Crippen molar-refractivity contribution in [2.75, 3.05) is 20.7 Å². The molecule has 4 N–H and O–H groups in total. The highest BCUT2D eigenvalue weighted by Crippen LogP contribution is 2.26. The molecule has 1 rings (SSSR count). The molecule has 4 amide bonds. The Kier molecular flexibility index (Phi) is 10.7. The smallest absolute Gasteiger partial charge is 0.408 e. The number of hydrogen-bond acceptors (Lipinski definition) is 7. The molecule has 0 saturated carbocycles. The van der Waals surface area contributed by atoms with Gasteiger partial charge in [0.15, 0.2) is 0 Å². The van der Waals surface area contributed by atoms with Crippen molar-refractivity contribution in [1.29, 1.82) is 0 Å². The number of carbonyl (C=O) groups is 5. The number of likely N-dealkylation sites (N-methyl/N-ethyl adjacent to an activating group) is 1. The zero-order chi connectivity index (χ0) is 26.9. The Bertz CT molecular complexity index is 956. The average molecular weight is 493 g/mol. The van der Waals surface area contributed by atoms with E-state index in [1.54, 1.807) is 33.8 Å². The number of nitrogens with two attached hydrogens (primary N) is 1. The topological polar surface area (TPSA) is 157 Å². The second kappa shape index (κ2) is 12.7. The molecule has 0 aliphatic rings. The number of nitrogens with one attached hydrogen (secondary N) is 2. The first-order valence-electron chi connectivity index (χ1n) is 11.1. The molecule has 0 aliphatic heterocycles. The minimum atomic E-state index is -1.19. The van der Waals surface area contributed by atoms with Gasteiger partial charge in [-0.15, -0.1) is 0 Å². The molecule has 194 valence electrons. The van der Waals surface area contributed by atoms with E-state index in [0.717, 1.165) is 16.0 Å². The third kappa shape index (κ3) is 9.63. The Hall–Kier alpha value is -3.63. The zero-order valence-electron chi connectivity index (χ0n) is 21.4. The van der Waals surface area contributed by atoms with Crippen molar-refractivity contribution in [2.45, 2.75) is 65.1 Å². The quantitative estimate of drug-likeness (QED) is 0.415. The molecular weight excluding hydrogens is 456 g/mol. The van der Waals surface area contributed by atoms with Crippen molar-refractivity contribution >= 4 is 29.8 Å². The molecular formula is C24H36N4O7. The number of primary amides is 1. The van der Waals surface area contributed by atoms with E-state index in [-0.39, 0.29) is 19.4 Å². The maximum Gasteiger partial charge on any atom is 0.408 e. The Morgan fingerprint density at radius 3 is 2.29 bits per heavy atom. The van der Waals surface area contributed by atoms with Crippen molar-refractivity contribution in [3.8, 4) is 0 Å². The number of rotatable bonds is 10. The lowest BCUT2D eigenvalue weighted by Gasteiger charge is -2.32. The molecule has 0 bridgehead atoms. The number of carbonyl (C=O) groups excluding carboxylic acids is 5. The Balaban J connectivity index is 3.34. The molecule has 2 unspecified atom stereocenters. The van der Waals surface area contributed by atoms with Gasteiger partial charge in [0.25, 0.3) is 0 Å². The lowest BCUT2D eigenvalue weighted by atomic mass is 9.96.